The Hall–Kier alpha value is -3.92. The lowest BCUT2D eigenvalue weighted by Crippen LogP contribution is -2.22. The molecule has 5 rings (SSSR count). The number of aryl methyl sites for hydroxylation is 3. The van der Waals surface area contributed by atoms with Crippen molar-refractivity contribution in [1.29, 1.82) is 0 Å². The fourth-order valence-electron chi connectivity index (χ4n) is 3.68. The van der Waals surface area contributed by atoms with E-state index in [1.165, 1.54) is 11.8 Å². The summed E-state index contributed by atoms with van der Waals surface area (Å²) in [6.45, 7) is 5.71. The Morgan fingerprint density at radius 2 is 1.91 bits per heavy atom. The number of para-hydroxylation sites is 1. The van der Waals surface area contributed by atoms with Gasteiger partial charge in [0.2, 0.25) is 17.6 Å². The van der Waals surface area contributed by atoms with Crippen LogP contribution in [0.3, 0.4) is 0 Å². The molecule has 33 heavy (non-hydrogen) atoms. The number of anilines is 1. The number of amides is 1. The standard InChI is InChI=1S/C23H20N6O3S/c1-13-8-9-14(2)18(10-13)28-21(31)16-6-4-5-7-17(16)29-22(28)25-26-23(29)33-12-19(30)24-20-11-15(3)27-32-20/h4-11H,12H2,1-3H3,(H,24,30). The summed E-state index contributed by atoms with van der Waals surface area (Å²) in [7, 11) is 0. The van der Waals surface area contributed by atoms with E-state index in [0.717, 1.165) is 16.8 Å². The summed E-state index contributed by atoms with van der Waals surface area (Å²) in [5.74, 6) is 0.497. The van der Waals surface area contributed by atoms with Gasteiger partial charge < -0.3 is 4.52 Å². The zero-order valence-corrected chi connectivity index (χ0v) is 19.0. The Bertz CT molecular complexity index is 1580. The van der Waals surface area contributed by atoms with Crippen LogP contribution in [0.15, 0.2) is 63.0 Å². The Morgan fingerprint density at radius 1 is 1.09 bits per heavy atom. The van der Waals surface area contributed by atoms with Crippen molar-refractivity contribution in [3.63, 3.8) is 0 Å². The van der Waals surface area contributed by atoms with Gasteiger partial charge in [0.1, 0.15) is 0 Å². The molecule has 0 atom stereocenters. The van der Waals surface area contributed by atoms with Crippen LogP contribution in [-0.2, 0) is 4.79 Å². The number of fused-ring (bicyclic) bond motifs is 3. The van der Waals surface area contributed by atoms with Crippen LogP contribution >= 0.6 is 11.8 Å². The number of nitrogens with zero attached hydrogens (tertiary/aromatic N) is 5. The number of hydrogen-bond donors (Lipinski definition) is 1. The minimum Gasteiger partial charge on any atom is -0.338 e. The van der Waals surface area contributed by atoms with Crippen LogP contribution in [0.2, 0.25) is 0 Å². The normalized spacial score (nSPS) is 11.4. The smallest absolute Gasteiger partial charge is 0.267 e. The van der Waals surface area contributed by atoms with E-state index in [-0.39, 0.29) is 17.2 Å². The second-order valence-corrected chi connectivity index (χ2v) is 8.68. The van der Waals surface area contributed by atoms with Crippen molar-refractivity contribution in [2.75, 3.05) is 11.1 Å². The second kappa shape index (κ2) is 8.21. The first-order chi connectivity index (χ1) is 15.9. The van der Waals surface area contributed by atoms with E-state index in [1.54, 1.807) is 23.6 Å². The van der Waals surface area contributed by atoms with Crippen LogP contribution in [0.5, 0.6) is 0 Å². The van der Waals surface area contributed by atoms with Gasteiger partial charge in [-0.05, 0) is 50.1 Å². The van der Waals surface area contributed by atoms with Gasteiger partial charge in [-0.3, -0.25) is 19.3 Å². The highest BCUT2D eigenvalue weighted by Crippen LogP contribution is 2.25. The number of nitrogens with one attached hydrogen (secondary N) is 1. The Labute approximate surface area is 192 Å². The molecule has 5 aromatic rings. The fourth-order valence-corrected chi connectivity index (χ4v) is 4.42. The van der Waals surface area contributed by atoms with Crippen molar-refractivity contribution < 1.29 is 9.32 Å². The third kappa shape index (κ3) is 3.78. The summed E-state index contributed by atoms with van der Waals surface area (Å²) in [5, 5.41) is 16.1. The number of rotatable bonds is 5. The van der Waals surface area contributed by atoms with Crippen LogP contribution in [-0.4, -0.2) is 36.0 Å². The molecule has 0 spiro atoms. The molecule has 0 aliphatic heterocycles. The van der Waals surface area contributed by atoms with Crippen molar-refractivity contribution >= 4 is 40.2 Å². The molecule has 3 heterocycles. The van der Waals surface area contributed by atoms with E-state index in [0.29, 0.717) is 33.4 Å². The van der Waals surface area contributed by atoms with E-state index in [9.17, 15) is 9.59 Å². The SMILES string of the molecule is Cc1ccc(C)c(-n2c(=O)c3ccccc3n3c(SCC(=O)Nc4cc(C)no4)nnc23)c1. The van der Waals surface area contributed by atoms with Crippen LogP contribution in [0.1, 0.15) is 16.8 Å². The van der Waals surface area contributed by atoms with Gasteiger partial charge in [0.05, 0.1) is 28.0 Å². The van der Waals surface area contributed by atoms with E-state index in [4.69, 9.17) is 4.52 Å². The van der Waals surface area contributed by atoms with E-state index in [2.05, 4.69) is 20.7 Å². The van der Waals surface area contributed by atoms with Crippen LogP contribution in [0, 0.1) is 20.8 Å². The van der Waals surface area contributed by atoms with Gasteiger partial charge in [0.15, 0.2) is 5.16 Å². The number of carbonyl (C=O) groups is 1. The van der Waals surface area contributed by atoms with Crippen molar-refractivity contribution in [2.45, 2.75) is 25.9 Å². The molecule has 0 unspecified atom stereocenters. The van der Waals surface area contributed by atoms with Gasteiger partial charge in [-0.1, -0.05) is 41.2 Å². The van der Waals surface area contributed by atoms with Crippen molar-refractivity contribution in [2.24, 2.45) is 0 Å². The Kier molecular flexibility index (Phi) is 5.21. The number of thioether (sulfide) groups is 1. The predicted octanol–water partition coefficient (Wildman–Crippen LogP) is 3.68. The van der Waals surface area contributed by atoms with Crippen LogP contribution in [0.25, 0.3) is 22.4 Å². The quantitative estimate of drug-likeness (QED) is 0.399. The van der Waals surface area contributed by atoms with Crippen LogP contribution < -0.4 is 10.9 Å². The lowest BCUT2D eigenvalue weighted by atomic mass is 10.1. The first kappa shape index (κ1) is 21.0. The largest absolute Gasteiger partial charge is 0.338 e. The molecule has 0 saturated heterocycles. The summed E-state index contributed by atoms with van der Waals surface area (Å²) < 4.78 is 8.43. The molecular weight excluding hydrogens is 440 g/mol. The monoisotopic (exact) mass is 460 g/mol. The summed E-state index contributed by atoms with van der Waals surface area (Å²) in [4.78, 5) is 25.9. The average Bonchev–Trinajstić information content (AvgIpc) is 3.41. The molecule has 0 radical (unpaired) electrons. The van der Waals surface area contributed by atoms with Gasteiger partial charge in [-0.15, -0.1) is 10.2 Å². The second-order valence-electron chi connectivity index (χ2n) is 7.74. The molecule has 0 bridgehead atoms. The summed E-state index contributed by atoms with van der Waals surface area (Å²) in [6, 6.07) is 14.9. The van der Waals surface area contributed by atoms with Crippen LogP contribution in [0.4, 0.5) is 5.88 Å². The summed E-state index contributed by atoms with van der Waals surface area (Å²) >= 11 is 1.22. The maximum Gasteiger partial charge on any atom is 0.267 e. The Balaban J connectivity index is 1.60. The molecule has 0 aliphatic rings. The maximum absolute atomic E-state index is 13.5. The number of aromatic nitrogens is 5. The third-order valence-electron chi connectivity index (χ3n) is 5.22. The highest BCUT2D eigenvalue weighted by atomic mass is 32.2. The number of hydrogen-bond acceptors (Lipinski definition) is 7. The summed E-state index contributed by atoms with van der Waals surface area (Å²) in [5.41, 5.74) is 3.91. The number of carbonyl (C=O) groups excluding carboxylic acids is 1. The van der Waals surface area contributed by atoms with E-state index >= 15 is 0 Å². The van der Waals surface area contributed by atoms with Gasteiger partial charge in [-0.25, -0.2) is 4.57 Å². The van der Waals surface area contributed by atoms with Gasteiger partial charge >= 0.3 is 0 Å². The molecule has 10 heteroatoms. The third-order valence-corrected chi connectivity index (χ3v) is 6.15. The lowest BCUT2D eigenvalue weighted by molar-refractivity contribution is -0.113. The minimum absolute atomic E-state index is 0.0808. The predicted molar refractivity (Wildman–Crippen MR) is 126 cm³/mol. The number of benzene rings is 2. The van der Waals surface area contributed by atoms with Crippen molar-refractivity contribution in [1.82, 2.24) is 24.3 Å². The van der Waals surface area contributed by atoms with E-state index in [1.807, 2.05) is 54.6 Å². The molecule has 1 amide bonds. The topological polar surface area (TPSA) is 107 Å². The maximum atomic E-state index is 13.5. The van der Waals surface area contributed by atoms with Crippen molar-refractivity contribution in [3.05, 3.63) is 75.7 Å². The van der Waals surface area contributed by atoms with Gasteiger partial charge in [0.25, 0.3) is 5.56 Å². The average molecular weight is 461 g/mol. The minimum atomic E-state index is -0.264. The van der Waals surface area contributed by atoms with E-state index < -0.39 is 0 Å². The molecule has 9 nitrogen and oxygen atoms in total. The lowest BCUT2D eigenvalue weighted by Gasteiger charge is -2.14. The molecule has 3 aromatic heterocycles. The molecule has 2 aromatic carbocycles. The molecule has 166 valence electrons. The summed E-state index contributed by atoms with van der Waals surface area (Å²) in [6.07, 6.45) is 0. The highest BCUT2D eigenvalue weighted by Gasteiger charge is 2.19. The fraction of sp³-hybridized carbons (Fsp3) is 0.174. The highest BCUT2D eigenvalue weighted by molar-refractivity contribution is 7.99. The molecule has 0 fully saturated rings. The van der Waals surface area contributed by atoms with Gasteiger partial charge in [0, 0.05) is 6.07 Å². The molecule has 0 aliphatic carbocycles. The zero-order chi connectivity index (χ0) is 23.1. The van der Waals surface area contributed by atoms with Gasteiger partial charge in [-0.2, -0.15) is 0 Å². The zero-order valence-electron chi connectivity index (χ0n) is 18.2. The Morgan fingerprint density at radius 3 is 2.70 bits per heavy atom. The van der Waals surface area contributed by atoms with Crippen molar-refractivity contribution in [3.8, 4) is 5.69 Å². The first-order valence-corrected chi connectivity index (χ1v) is 11.2. The first-order valence-electron chi connectivity index (χ1n) is 10.2. The molecule has 0 saturated carbocycles. The molecular formula is C23H20N6O3S. The molecule has 1 N–H and O–H groups in total.